The second-order valence-corrected chi connectivity index (χ2v) is 9.69. The van der Waals surface area contributed by atoms with E-state index < -0.39 is 81.5 Å². The minimum atomic E-state index is -8.62. The Kier molecular flexibility index (Phi) is 8.25. The highest BCUT2D eigenvalue weighted by Gasteiger charge is 2.95. The van der Waals surface area contributed by atoms with Gasteiger partial charge in [0.25, 0.3) is 8.56 Å². The molecule has 3 nitrogen and oxygen atoms in total. The average molecular weight is 551 g/mol. The summed E-state index contributed by atoms with van der Waals surface area (Å²) in [5.74, 6) is -56.2. The second kappa shape index (κ2) is 8.54. The molecule has 0 rings (SSSR count). The van der Waals surface area contributed by atoms with Crippen molar-refractivity contribution in [3.05, 3.63) is 0 Å². The third-order valence-electron chi connectivity index (χ3n) is 4.14. The molecule has 200 valence electrons. The van der Waals surface area contributed by atoms with Crippen molar-refractivity contribution in [3.63, 3.8) is 0 Å². The maximum Gasteiger partial charge on any atom is 0.460 e. The zero-order valence-corrected chi connectivity index (χ0v) is 16.5. The Bertz CT molecular complexity index is 682. The molecule has 0 aliphatic rings. The number of hydrogen-bond donors (Lipinski definition) is 3. The molecule has 0 unspecified atom stereocenters. The Morgan fingerprint density at radius 1 is 0.424 bits per heavy atom. The SMILES string of the molecule is N[Si](N)(N)CCCCC(F)(F)C(F)(F)C(F)(F)C(F)(F)C(F)(F)C(F)(F)C(F)(F)C(F)(F)F. The van der Waals surface area contributed by atoms with E-state index in [9.17, 15) is 74.6 Å². The minimum absolute atomic E-state index is 0.530. The fourth-order valence-electron chi connectivity index (χ4n) is 2.13. The normalized spacial score (nSPS) is 16.4. The molecule has 0 aliphatic heterocycles. The summed E-state index contributed by atoms with van der Waals surface area (Å²) in [7, 11) is -3.49. The van der Waals surface area contributed by atoms with E-state index >= 15 is 0 Å². The van der Waals surface area contributed by atoms with Crippen LogP contribution in [0.3, 0.4) is 0 Å². The molecule has 0 spiro atoms. The van der Waals surface area contributed by atoms with Crippen molar-refractivity contribution in [2.75, 3.05) is 0 Å². The molecule has 6 N–H and O–H groups in total. The molecule has 0 aliphatic carbocycles. The first-order chi connectivity index (χ1) is 14.0. The first-order valence-electron chi connectivity index (χ1n) is 8.04. The van der Waals surface area contributed by atoms with E-state index in [0.717, 1.165) is 0 Å². The Morgan fingerprint density at radius 3 is 1.03 bits per heavy atom. The third kappa shape index (κ3) is 5.14. The molecule has 0 saturated carbocycles. The highest BCUT2D eigenvalue weighted by atomic mass is 28.4. The largest absolute Gasteiger partial charge is 0.460 e. The molecule has 0 heterocycles. The van der Waals surface area contributed by atoms with Crippen LogP contribution in [-0.4, -0.2) is 56.2 Å². The maximum absolute atomic E-state index is 13.6. The fraction of sp³-hybridized carbons (Fsp3) is 1.00. The van der Waals surface area contributed by atoms with Gasteiger partial charge in [0.2, 0.25) is 0 Å². The molecule has 0 saturated heterocycles. The van der Waals surface area contributed by atoms with Crippen LogP contribution in [0.2, 0.25) is 6.04 Å². The average Bonchev–Trinajstić information content (AvgIpc) is 2.55. The Balaban J connectivity index is 6.26. The van der Waals surface area contributed by atoms with Gasteiger partial charge in [-0.15, -0.1) is 0 Å². The summed E-state index contributed by atoms with van der Waals surface area (Å²) in [6, 6.07) is -0.530. The summed E-state index contributed by atoms with van der Waals surface area (Å²) in [5, 5.41) is 15.3. The Morgan fingerprint density at radius 2 is 0.727 bits per heavy atom. The number of hydrogen-bond acceptors (Lipinski definition) is 3. The van der Waals surface area contributed by atoms with Gasteiger partial charge in [-0.2, -0.15) is 74.6 Å². The van der Waals surface area contributed by atoms with Crippen LogP contribution in [0.5, 0.6) is 0 Å². The molecule has 0 bridgehead atoms. The van der Waals surface area contributed by atoms with Crippen LogP contribution in [-0.2, 0) is 0 Å². The topological polar surface area (TPSA) is 78.1 Å². The van der Waals surface area contributed by atoms with Crippen molar-refractivity contribution in [3.8, 4) is 0 Å². The Hall–Kier alpha value is -1.09. The fourth-order valence-corrected chi connectivity index (χ4v) is 2.99. The summed E-state index contributed by atoms with van der Waals surface area (Å²) >= 11 is 0. The van der Waals surface area contributed by atoms with Crippen LogP contribution >= 0.6 is 0 Å². The molecule has 0 aromatic heterocycles. The summed E-state index contributed by atoms with van der Waals surface area (Å²) in [6.45, 7) is 0. The van der Waals surface area contributed by atoms with Gasteiger partial charge in [0, 0.05) is 6.42 Å². The van der Waals surface area contributed by atoms with Crippen LogP contribution in [0.1, 0.15) is 19.3 Å². The highest BCUT2D eigenvalue weighted by Crippen LogP contribution is 2.64. The molecule has 21 heteroatoms. The number of nitrogens with two attached hydrogens (primary N) is 3. The molecular formula is C12H14F17N3Si. The first-order valence-corrected chi connectivity index (χ1v) is 10.5. The Labute approximate surface area is 173 Å². The van der Waals surface area contributed by atoms with Gasteiger partial charge < -0.3 is 16.2 Å². The van der Waals surface area contributed by atoms with Crippen LogP contribution in [0.4, 0.5) is 74.6 Å². The van der Waals surface area contributed by atoms with Gasteiger partial charge in [0.1, 0.15) is 0 Å². The van der Waals surface area contributed by atoms with Crippen molar-refractivity contribution in [2.24, 2.45) is 16.2 Å². The van der Waals surface area contributed by atoms with Crippen molar-refractivity contribution in [1.82, 2.24) is 0 Å². The lowest BCUT2D eigenvalue weighted by Gasteiger charge is -2.42. The van der Waals surface area contributed by atoms with E-state index in [4.69, 9.17) is 16.2 Å². The van der Waals surface area contributed by atoms with Crippen molar-refractivity contribution in [1.29, 1.82) is 0 Å². The van der Waals surface area contributed by atoms with E-state index in [0.29, 0.717) is 0 Å². The molecule has 0 radical (unpaired) electrons. The number of rotatable bonds is 11. The zero-order valence-electron chi connectivity index (χ0n) is 15.5. The van der Waals surface area contributed by atoms with Gasteiger partial charge in [0.05, 0.1) is 0 Å². The van der Waals surface area contributed by atoms with E-state index in [2.05, 4.69) is 0 Å². The summed E-state index contributed by atoms with van der Waals surface area (Å²) in [5.41, 5.74) is 0. The van der Waals surface area contributed by atoms with Gasteiger partial charge >= 0.3 is 47.6 Å². The molecule has 0 aromatic carbocycles. The van der Waals surface area contributed by atoms with E-state index in [1.165, 1.54) is 0 Å². The van der Waals surface area contributed by atoms with Crippen molar-refractivity contribution in [2.45, 2.75) is 72.9 Å². The standard InChI is InChI=1S/C12H14F17N3Si/c13-5(14,3-1-2-4-33(30,31)32)6(15,16)7(17,18)8(19,20)9(21,22)10(23,24)11(25,26)12(27,28)29/h1-4,30-32H2. The van der Waals surface area contributed by atoms with E-state index in [1.807, 2.05) is 0 Å². The lowest BCUT2D eigenvalue weighted by atomic mass is 9.88. The third-order valence-corrected chi connectivity index (χ3v) is 5.36. The molecule has 0 amide bonds. The van der Waals surface area contributed by atoms with Gasteiger partial charge in [0.15, 0.2) is 0 Å². The predicted molar refractivity (Wildman–Crippen MR) is 77.7 cm³/mol. The molecule has 0 atom stereocenters. The number of alkyl halides is 17. The van der Waals surface area contributed by atoms with Crippen LogP contribution in [0.25, 0.3) is 0 Å². The summed E-state index contributed by atoms with van der Waals surface area (Å²) in [6.07, 6.45) is -12.3. The zero-order chi connectivity index (χ0) is 27.3. The van der Waals surface area contributed by atoms with Gasteiger partial charge in [-0.05, 0) is 12.5 Å². The van der Waals surface area contributed by atoms with Crippen molar-refractivity contribution >= 4 is 8.56 Å². The molecular weight excluding hydrogens is 537 g/mol. The van der Waals surface area contributed by atoms with Crippen LogP contribution in [0, 0.1) is 0 Å². The maximum atomic E-state index is 13.6. The predicted octanol–water partition coefficient (Wildman–Crippen LogP) is 4.98. The van der Waals surface area contributed by atoms with E-state index in [1.54, 1.807) is 0 Å². The second-order valence-electron chi connectivity index (χ2n) is 6.97. The smallest absolute Gasteiger partial charge is 0.327 e. The number of halogens is 17. The summed E-state index contributed by atoms with van der Waals surface area (Å²) < 4.78 is 222. The lowest BCUT2D eigenvalue weighted by molar-refractivity contribution is -0.461. The van der Waals surface area contributed by atoms with Gasteiger partial charge in [-0.1, -0.05) is 6.42 Å². The lowest BCUT2D eigenvalue weighted by Crippen LogP contribution is -2.74. The van der Waals surface area contributed by atoms with Crippen LogP contribution < -0.4 is 16.2 Å². The van der Waals surface area contributed by atoms with Gasteiger partial charge in [-0.25, -0.2) is 0 Å². The highest BCUT2D eigenvalue weighted by molar-refractivity contribution is 6.70. The first kappa shape index (κ1) is 31.9. The molecule has 33 heavy (non-hydrogen) atoms. The van der Waals surface area contributed by atoms with Gasteiger partial charge in [-0.3, -0.25) is 0 Å². The molecule has 0 fully saturated rings. The quantitative estimate of drug-likeness (QED) is 0.193. The van der Waals surface area contributed by atoms with E-state index in [-0.39, 0.29) is 0 Å². The number of unbranched alkanes of at least 4 members (excludes halogenated alkanes) is 1. The minimum Gasteiger partial charge on any atom is -0.327 e. The summed E-state index contributed by atoms with van der Waals surface area (Å²) in [4.78, 5) is 0. The monoisotopic (exact) mass is 551 g/mol. The molecule has 0 aromatic rings. The van der Waals surface area contributed by atoms with Crippen molar-refractivity contribution < 1.29 is 74.6 Å². The van der Waals surface area contributed by atoms with Crippen LogP contribution in [0.15, 0.2) is 0 Å².